The van der Waals surface area contributed by atoms with Crippen LogP contribution < -0.4 is 0 Å². The number of carbonyl (C=O) groups excluding carboxylic acids is 1. The van der Waals surface area contributed by atoms with Crippen molar-refractivity contribution in [3.63, 3.8) is 0 Å². The number of hydrogen-bond donors (Lipinski definition) is 1. The van der Waals surface area contributed by atoms with Crippen molar-refractivity contribution in [2.24, 2.45) is 5.92 Å². The molecule has 0 unspecified atom stereocenters. The number of rotatable bonds is 4. The minimum absolute atomic E-state index is 0.0193. The van der Waals surface area contributed by atoms with Gasteiger partial charge >= 0.3 is 5.97 Å². The van der Waals surface area contributed by atoms with Gasteiger partial charge in [0.2, 0.25) is 0 Å². The predicted octanol–water partition coefficient (Wildman–Crippen LogP) is 1.79. The van der Waals surface area contributed by atoms with E-state index in [1.165, 1.54) is 17.0 Å². The minimum atomic E-state index is -0.893. The number of benzene rings is 1. The number of carboxylic acids is 1. The summed E-state index contributed by atoms with van der Waals surface area (Å²) in [7, 11) is 0. The summed E-state index contributed by atoms with van der Waals surface area (Å²) in [5.41, 5.74) is 0.00459. The number of aliphatic carboxylic acids is 1. The molecule has 1 amide bonds. The van der Waals surface area contributed by atoms with E-state index in [2.05, 4.69) is 0 Å². The van der Waals surface area contributed by atoms with Gasteiger partial charge in [-0.3, -0.25) is 19.7 Å². The molecule has 20 heavy (non-hydrogen) atoms. The Morgan fingerprint density at radius 2 is 2.10 bits per heavy atom. The van der Waals surface area contributed by atoms with Crippen molar-refractivity contribution in [3.05, 3.63) is 38.9 Å². The summed E-state index contributed by atoms with van der Waals surface area (Å²) in [6.45, 7) is 0.719. The third-order valence-corrected chi connectivity index (χ3v) is 3.41. The van der Waals surface area contributed by atoms with Crippen LogP contribution in [0.15, 0.2) is 18.2 Å². The lowest BCUT2D eigenvalue weighted by atomic mass is 9.95. The minimum Gasteiger partial charge on any atom is -0.481 e. The number of carboxylic acid groups (broad SMARTS) is 1. The number of hydrogen-bond acceptors (Lipinski definition) is 4. The standard InChI is InChI=1S/C12H11ClN2O5/c13-10-4-8(15(19)20)1-2-9(10)12(18)14-5-7(6-14)3-11(16)17/h1-2,4,7H,3,5-6H2,(H,16,17). The van der Waals surface area contributed by atoms with Gasteiger partial charge in [-0.05, 0) is 6.07 Å². The molecule has 1 heterocycles. The molecular formula is C12H11ClN2O5. The average Bonchev–Trinajstić information content (AvgIpc) is 2.32. The number of nitro groups is 1. The zero-order valence-corrected chi connectivity index (χ0v) is 11.0. The van der Waals surface area contributed by atoms with Gasteiger partial charge in [0.15, 0.2) is 0 Å². The lowest BCUT2D eigenvalue weighted by Crippen LogP contribution is -2.50. The summed E-state index contributed by atoms with van der Waals surface area (Å²) in [6.07, 6.45) is 0.0256. The maximum absolute atomic E-state index is 12.1. The Hall–Kier alpha value is -2.15. The third-order valence-electron chi connectivity index (χ3n) is 3.10. The van der Waals surface area contributed by atoms with Crippen LogP contribution in [-0.2, 0) is 4.79 Å². The van der Waals surface area contributed by atoms with Crippen molar-refractivity contribution in [1.29, 1.82) is 0 Å². The molecule has 1 aliphatic rings. The second-order valence-corrected chi connectivity index (χ2v) is 5.00. The second kappa shape index (κ2) is 5.46. The Morgan fingerprint density at radius 1 is 1.45 bits per heavy atom. The lowest BCUT2D eigenvalue weighted by Gasteiger charge is -2.38. The van der Waals surface area contributed by atoms with Crippen molar-refractivity contribution in [3.8, 4) is 0 Å². The van der Waals surface area contributed by atoms with E-state index in [0.29, 0.717) is 13.1 Å². The number of carbonyl (C=O) groups is 2. The van der Waals surface area contributed by atoms with Crippen LogP contribution in [0, 0.1) is 16.0 Å². The van der Waals surface area contributed by atoms with Gasteiger partial charge in [-0.25, -0.2) is 0 Å². The van der Waals surface area contributed by atoms with Crippen LogP contribution in [-0.4, -0.2) is 39.9 Å². The van der Waals surface area contributed by atoms with Crippen LogP contribution in [0.1, 0.15) is 16.8 Å². The third kappa shape index (κ3) is 2.88. The second-order valence-electron chi connectivity index (χ2n) is 4.60. The van der Waals surface area contributed by atoms with Crippen molar-refractivity contribution < 1.29 is 19.6 Å². The van der Waals surface area contributed by atoms with Gasteiger partial charge in [-0.1, -0.05) is 11.6 Å². The van der Waals surface area contributed by atoms with Crippen molar-refractivity contribution in [2.45, 2.75) is 6.42 Å². The van der Waals surface area contributed by atoms with Crippen LogP contribution in [0.3, 0.4) is 0 Å². The molecule has 2 rings (SSSR count). The molecule has 1 aromatic carbocycles. The molecule has 0 saturated carbocycles. The summed E-state index contributed by atoms with van der Waals surface area (Å²) in [6, 6.07) is 3.66. The Balaban J connectivity index is 2.04. The molecule has 1 N–H and O–H groups in total. The summed E-state index contributed by atoms with van der Waals surface area (Å²) in [5, 5.41) is 19.2. The molecule has 1 aliphatic heterocycles. The van der Waals surface area contributed by atoms with Crippen LogP contribution in [0.25, 0.3) is 0 Å². The van der Waals surface area contributed by atoms with Crippen LogP contribution in [0.4, 0.5) is 5.69 Å². The highest BCUT2D eigenvalue weighted by Crippen LogP contribution is 2.27. The van der Waals surface area contributed by atoms with Gasteiger partial charge in [-0.2, -0.15) is 0 Å². The molecule has 0 aromatic heterocycles. The smallest absolute Gasteiger partial charge is 0.303 e. The molecule has 1 saturated heterocycles. The number of non-ortho nitro benzene ring substituents is 1. The molecule has 106 valence electrons. The van der Waals surface area contributed by atoms with E-state index in [0.717, 1.165) is 6.07 Å². The van der Waals surface area contributed by atoms with Gasteiger partial charge in [0, 0.05) is 31.1 Å². The van der Waals surface area contributed by atoms with E-state index in [-0.39, 0.29) is 34.5 Å². The zero-order chi connectivity index (χ0) is 14.9. The van der Waals surface area contributed by atoms with Crippen LogP contribution >= 0.6 is 11.6 Å². The maximum Gasteiger partial charge on any atom is 0.303 e. The SMILES string of the molecule is O=C(O)CC1CN(C(=O)c2ccc([N+](=O)[O-])cc2Cl)C1. The van der Waals surface area contributed by atoms with Gasteiger partial charge < -0.3 is 10.0 Å². The largest absolute Gasteiger partial charge is 0.481 e. The average molecular weight is 299 g/mol. The first-order valence-corrected chi connectivity index (χ1v) is 6.21. The van der Waals surface area contributed by atoms with E-state index in [1.807, 2.05) is 0 Å². The number of nitro benzene ring substituents is 1. The molecule has 1 aromatic rings. The zero-order valence-electron chi connectivity index (χ0n) is 10.3. The van der Waals surface area contributed by atoms with Crippen molar-refractivity contribution in [1.82, 2.24) is 4.90 Å². The van der Waals surface area contributed by atoms with Gasteiger partial charge in [0.1, 0.15) is 0 Å². The van der Waals surface area contributed by atoms with E-state index < -0.39 is 10.9 Å². The van der Waals surface area contributed by atoms with Gasteiger partial charge in [-0.15, -0.1) is 0 Å². The molecule has 7 nitrogen and oxygen atoms in total. The monoisotopic (exact) mass is 298 g/mol. The number of amides is 1. The molecule has 0 radical (unpaired) electrons. The topological polar surface area (TPSA) is 101 Å². The Labute approximate surface area is 118 Å². The van der Waals surface area contributed by atoms with Gasteiger partial charge in [0.25, 0.3) is 11.6 Å². The number of likely N-dealkylation sites (tertiary alicyclic amines) is 1. The summed E-state index contributed by atoms with van der Waals surface area (Å²) in [5.74, 6) is -1.28. The fourth-order valence-corrected chi connectivity index (χ4v) is 2.33. The molecule has 0 aliphatic carbocycles. The Morgan fingerprint density at radius 3 is 2.60 bits per heavy atom. The summed E-state index contributed by atoms with van der Waals surface area (Å²) < 4.78 is 0. The fraction of sp³-hybridized carbons (Fsp3) is 0.333. The van der Waals surface area contributed by atoms with Crippen LogP contribution in [0.2, 0.25) is 5.02 Å². The van der Waals surface area contributed by atoms with Gasteiger partial charge in [0.05, 0.1) is 21.9 Å². The van der Waals surface area contributed by atoms with E-state index in [9.17, 15) is 19.7 Å². The highest BCUT2D eigenvalue weighted by atomic mass is 35.5. The van der Waals surface area contributed by atoms with E-state index in [4.69, 9.17) is 16.7 Å². The quantitative estimate of drug-likeness (QED) is 0.674. The highest BCUT2D eigenvalue weighted by molar-refractivity contribution is 6.34. The first-order valence-electron chi connectivity index (χ1n) is 5.83. The molecule has 1 fully saturated rings. The summed E-state index contributed by atoms with van der Waals surface area (Å²) in [4.78, 5) is 34.1. The molecule has 8 heteroatoms. The number of halogens is 1. The lowest BCUT2D eigenvalue weighted by molar-refractivity contribution is -0.384. The summed E-state index contributed by atoms with van der Waals surface area (Å²) >= 11 is 5.87. The molecule has 0 bridgehead atoms. The molecule has 0 spiro atoms. The normalized spacial score (nSPS) is 14.8. The van der Waals surface area contributed by atoms with Crippen molar-refractivity contribution >= 4 is 29.2 Å². The number of nitrogens with zero attached hydrogens (tertiary/aromatic N) is 2. The molecule has 0 atom stereocenters. The first-order chi connectivity index (χ1) is 9.38. The Bertz CT molecular complexity index is 583. The van der Waals surface area contributed by atoms with E-state index in [1.54, 1.807) is 0 Å². The predicted molar refractivity (Wildman–Crippen MR) is 69.8 cm³/mol. The van der Waals surface area contributed by atoms with E-state index >= 15 is 0 Å². The maximum atomic E-state index is 12.1. The highest BCUT2D eigenvalue weighted by Gasteiger charge is 2.33. The first kappa shape index (κ1) is 14.3. The molecular weight excluding hydrogens is 288 g/mol. The fourth-order valence-electron chi connectivity index (χ4n) is 2.07. The Kier molecular flexibility index (Phi) is 3.89. The van der Waals surface area contributed by atoms with Crippen LogP contribution in [0.5, 0.6) is 0 Å². The van der Waals surface area contributed by atoms with Crippen molar-refractivity contribution in [2.75, 3.05) is 13.1 Å².